The summed E-state index contributed by atoms with van der Waals surface area (Å²) in [5, 5.41) is 21.8. The number of carbonyl (C=O) groups is 1. The molecule has 1 unspecified atom stereocenters. The van der Waals surface area contributed by atoms with Crippen LogP contribution in [-0.2, 0) is 4.79 Å². The number of carbonyl (C=O) groups excluding carboxylic acids is 1. The molecule has 1 amide bonds. The summed E-state index contributed by atoms with van der Waals surface area (Å²) in [6, 6.07) is 6.42. The number of para-hydroxylation sites is 2. The average Bonchev–Trinajstić information content (AvgIpc) is 2.21. The normalized spacial score (nSPS) is 14.2. The van der Waals surface area contributed by atoms with E-state index in [9.17, 15) is 15.0 Å². The minimum Gasteiger partial charge on any atom is -0.506 e. The molecule has 4 nitrogen and oxygen atoms in total. The number of benzene rings is 1. The van der Waals surface area contributed by atoms with Crippen LogP contribution in [0.25, 0.3) is 0 Å². The van der Waals surface area contributed by atoms with Crippen LogP contribution in [0.15, 0.2) is 24.3 Å². The van der Waals surface area contributed by atoms with Gasteiger partial charge in [-0.3, -0.25) is 4.79 Å². The molecule has 0 bridgehead atoms. The van der Waals surface area contributed by atoms with Crippen LogP contribution >= 0.6 is 0 Å². The third-order valence-corrected chi connectivity index (χ3v) is 2.38. The first-order chi connectivity index (χ1) is 7.47. The lowest BCUT2D eigenvalue weighted by molar-refractivity contribution is -0.133. The zero-order valence-electron chi connectivity index (χ0n) is 9.53. The molecule has 0 heterocycles. The van der Waals surface area contributed by atoms with Gasteiger partial charge in [0, 0.05) is 0 Å². The topological polar surface area (TPSA) is 69.6 Å². The lowest BCUT2D eigenvalue weighted by atomic mass is 9.99. The Balaban J connectivity index is 2.75. The summed E-state index contributed by atoms with van der Waals surface area (Å²) in [7, 11) is 0. The molecule has 0 saturated heterocycles. The second kappa shape index (κ2) is 4.99. The Morgan fingerprint density at radius 2 is 2.06 bits per heavy atom. The van der Waals surface area contributed by atoms with Gasteiger partial charge in [-0.15, -0.1) is 0 Å². The third kappa shape index (κ3) is 2.97. The van der Waals surface area contributed by atoms with Crippen LogP contribution in [0.4, 0.5) is 5.69 Å². The Morgan fingerprint density at radius 3 is 2.62 bits per heavy atom. The highest BCUT2D eigenvalue weighted by molar-refractivity contribution is 5.97. The van der Waals surface area contributed by atoms with E-state index < -0.39 is 11.5 Å². The lowest BCUT2D eigenvalue weighted by Gasteiger charge is -2.21. The molecule has 0 spiro atoms. The predicted octanol–water partition coefficient (Wildman–Crippen LogP) is 1.88. The molecule has 0 aromatic heterocycles. The number of hydrogen-bond acceptors (Lipinski definition) is 3. The summed E-state index contributed by atoms with van der Waals surface area (Å²) < 4.78 is 0. The highest BCUT2D eigenvalue weighted by Crippen LogP contribution is 2.23. The summed E-state index contributed by atoms with van der Waals surface area (Å²) in [5.74, 6) is -0.515. The van der Waals surface area contributed by atoms with E-state index in [4.69, 9.17) is 0 Å². The molecular weight excluding hydrogens is 206 g/mol. The molecule has 88 valence electrons. The molecule has 0 aliphatic rings. The minimum absolute atomic E-state index is 0.0110. The molecule has 4 heteroatoms. The molecule has 0 radical (unpaired) electrons. The fraction of sp³-hybridized carbons (Fsp3) is 0.417. The number of rotatable bonds is 4. The molecular formula is C12H17NO3. The van der Waals surface area contributed by atoms with Crippen molar-refractivity contribution in [2.24, 2.45) is 0 Å². The summed E-state index contributed by atoms with van der Waals surface area (Å²) in [5.41, 5.74) is -1.10. The van der Waals surface area contributed by atoms with Gasteiger partial charge in [0.15, 0.2) is 0 Å². The van der Waals surface area contributed by atoms with Crippen LogP contribution in [0.2, 0.25) is 0 Å². The Hall–Kier alpha value is -1.55. The van der Waals surface area contributed by atoms with Gasteiger partial charge in [0.05, 0.1) is 5.69 Å². The summed E-state index contributed by atoms with van der Waals surface area (Å²) in [4.78, 5) is 11.7. The van der Waals surface area contributed by atoms with Crippen molar-refractivity contribution in [3.8, 4) is 5.75 Å². The maximum Gasteiger partial charge on any atom is 0.256 e. The minimum atomic E-state index is -1.41. The highest BCUT2D eigenvalue weighted by Gasteiger charge is 2.29. The average molecular weight is 223 g/mol. The van der Waals surface area contributed by atoms with Crippen molar-refractivity contribution in [1.82, 2.24) is 0 Å². The van der Waals surface area contributed by atoms with Crippen molar-refractivity contribution in [2.75, 3.05) is 5.32 Å². The fourth-order valence-electron chi connectivity index (χ4n) is 1.44. The van der Waals surface area contributed by atoms with E-state index in [1.165, 1.54) is 13.0 Å². The molecule has 0 saturated carbocycles. The number of aliphatic hydroxyl groups is 1. The van der Waals surface area contributed by atoms with Gasteiger partial charge in [-0.25, -0.2) is 0 Å². The van der Waals surface area contributed by atoms with Gasteiger partial charge in [0.25, 0.3) is 5.91 Å². The van der Waals surface area contributed by atoms with Gasteiger partial charge < -0.3 is 15.5 Å². The van der Waals surface area contributed by atoms with Crippen molar-refractivity contribution >= 4 is 11.6 Å². The van der Waals surface area contributed by atoms with E-state index in [1.54, 1.807) is 18.2 Å². The molecule has 0 aliphatic heterocycles. The van der Waals surface area contributed by atoms with E-state index in [1.807, 2.05) is 6.92 Å². The van der Waals surface area contributed by atoms with E-state index in [2.05, 4.69) is 5.32 Å². The molecule has 1 aromatic carbocycles. The number of nitrogens with one attached hydrogen (secondary N) is 1. The highest BCUT2D eigenvalue weighted by atomic mass is 16.3. The molecule has 0 aliphatic carbocycles. The zero-order valence-corrected chi connectivity index (χ0v) is 9.53. The maximum atomic E-state index is 11.7. The molecule has 0 fully saturated rings. The number of phenols is 1. The Labute approximate surface area is 94.9 Å². The van der Waals surface area contributed by atoms with Crippen molar-refractivity contribution < 1.29 is 15.0 Å². The van der Waals surface area contributed by atoms with E-state index >= 15 is 0 Å². The van der Waals surface area contributed by atoms with Crippen LogP contribution in [0.3, 0.4) is 0 Å². The molecule has 1 rings (SSSR count). The van der Waals surface area contributed by atoms with E-state index in [0.29, 0.717) is 18.5 Å². The summed E-state index contributed by atoms with van der Waals surface area (Å²) in [6.45, 7) is 3.35. The molecule has 3 N–H and O–H groups in total. The monoisotopic (exact) mass is 223 g/mol. The number of aromatic hydroxyl groups is 1. The van der Waals surface area contributed by atoms with Gasteiger partial charge in [-0.05, 0) is 25.5 Å². The first kappa shape index (κ1) is 12.5. The van der Waals surface area contributed by atoms with Crippen molar-refractivity contribution in [1.29, 1.82) is 0 Å². The van der Waals surface area contributed by atoms with Crippen LogP contribution in [0.1, 0.15) is 26.7 Å². The van der Waals surface area contributed by atoms with Gasteiger partial charge in [-0.2, -0.15) is 0 Å². The van der Waals surface area contributed by atoms with E-state index in [-0.39, 0.29) is 5.75 Å². The van der Waals surface area contributed by atoms with Gasteiger partial charge >= 0.3 is 0 Å². The van der Waals surface area contributed by atoms with E-state index in [0.717, 1.165) is 0 Å². The number of amides is 1. The second-order valence-corrected chi connectivity index (χ2v) is 4.00. The maximum absolute atomic E-state index is 11.7. The summed E-state index contributed by atoms with van der Waals surface area (Å²) in [6.07, 6.45) is 1.09. The molecule has 1 aromatic rings. The fourth-order valence-corrected chi connectivity index (χ4v) is 1.44. The van der Waals surface area contributed by atoms with Crippen LogP contribution in [-0.4, -0.2) is 21.7 Å². The van der Waals surface area contributed by atoms with Crippen LogP contribution < -0.4 is 5.32 Å². The number of hydrogen-bond donors (Lipinski definition) is 3. The third-order valence-electron chi connectivity index (χ3n) is 2.38. The van der Waals surface area contributed by atoms with Gasteiger partial charge in [0.2, 0.25) is 0 Å². The number of anilines is 1. The number of phenolic OH excluding ortho intramolecular Hbond substituents is 1. The Bertz CT molecular complexity index is 374. The SMILES string of the molecule is CCCC(C)(O)C(=O)Nc1ccccc1O. The second-order valence-electron chi connectivity index (χ2n) is 4.00. The zero-order chi connectivity index (χ0) is 12.2. The quantitative estimate of drug-likeness (QED) is 0.682. The first-order valence-corrected chi connectivity index (χ1v) is 5.29. The predicted molar refractivity (Wildman–Crippen MR) is 62.3 cm³/mol. The Morgan fingerprint density at radius 1 is 1.44 bits per heavy atom. The van der Waals surface area contributed by atoms with Crippen LogP contribution in [0, 0.1) is 0 Å². The van der Waals surface area contributed by atoms with Crippen molar-refractivity contribution in [3.05, 3.63) is 24.3 Å². The van der Waals surface area contributed by atoms with Crippen LogP contribution in [0.5, 0.6) is 5.75 Å². The Kier molecular flexibility index (Phi) is 3.90. The first-order valence-electron chi connectivity index (χ1n) is 5.29. The smallest absolute Gasteiger partial charge is 0.256 e. The van der Waals surface area contributed by atoms with Gasteiger partial charge in [0.1, 0.15) is 11.4 Å². The lowest BCUT2D eigenvalue weighted by Crippen LogP contribution is -2.39. The largest absolute Gasteiger partial charge is 0.506 e. The molecule has 1 atom stereocenters. The standard InChI is InChI=1S/C12H17NO3/c1-3-8-12(2,16)11(15)13-9-6-4-5-7-10(9)14/h4-7,14,16H,3,8H2,1-2H3,(H,13,15). The van der Waals surface area contributed by atoms with Crippen molar-refractivity contribution in [2.45, 2.75) is 32.3 Å². The van der Waals surface area contributed by atoms with Crippen molar-refractivity contribution in [3.63, 3.8) is 0 Å². The summed E-state index contributed by atoms with van der Waals surface area (Å²) >= 11 is 0. The molecule has 16 heavy (non-hydrogen) atoms. The van der Waals surface area contributed by atoms with Gasteiger partial charge in [-0.1, -0.05) is 25.5 Å².